The molecule has 0 unspecified atom stereocenters. The molecule has 0 aliphatic heterocycles. The van der Waals surface area contributed by atoms with Gasteiger partial charge in [-0.2, -0.15) is 105 Å². The Morgan fingerprint density at radius 2 is 0.468 bits per heavy atom. The Morgan fingerprint density at radius 3 is 0.638 bits per heavy atom. The zero-order chi connectivity index (χ0) is 37.7. The number of alkyl halides is 24. The Hall–Kier alpha value is -2.51. The van der Waals surface area contributed by atoms with E-state index < -0.39 is 92.6 Å². The number of hydrogen-bond donors (Lipinski definition) is 0. The van der Waals surface area contributed by atoms with Crippen molar-refractivity contribution in [1.29, 1.82) is 0 Å². The van der Waals surface area contributed by atoms with Gasteiger partial charge in [-0.1, -0.05) is 0 Å². The van der Waals surface area contributed by atoms with Crippen molar-refractivity contribution in [2.75, 3.05) is 0 Å². The molecule has 0 saturated heterocycles. The van der Waals surface area contributed by atoms with Gasteiger partial charge < -0.3 is 0 Å². The molecule has 0 radical (unpaired) electrons. The summed E-state index contributed by atoms with van der Waals surface area (Å²) in [4.78, 5) is 0. The van der Waals surface area contributed by atoms with Crippen molar-refractivity contribution in [3.8, 4) is 0 Å². The largest absolute Gasteiger partial charge is 0.460 e. The summed E-state index contributed by atoms with van der Waals surface area (Å²) < 4.78 is 296. The van der Waals surface area contributed by atoms with E-state index in [1.54, 1.807) is 0 Å². The number of benzene rings is 2. The lowest BCUT2D eigenvalue weighted by Gasteiger charge is -2.41. The molecule has 0 nitrogen and oxygen atoms in total. The second kappa shape index (κ2) is 12.7. The Kier molecular flexibility index (Phi) is 11.5. The van der Waals surface area contributed by atoms with Crippen LogP contribution in [0.25, 0.3) is 0 Å². The van der Waals surface area contributed by atoms with Crippen molar-refractivity contribution >= 4 is 0 Å². The van der Waals surface area contributed by atoms with E-state index in [0.29, 0.717) is 7.14 Å². The summed E-state index contributed by atoms with van der Waals surface area (Å²) in [6, 6.07) is 9.42. The quantitative estimate of drug-likeness (QED) is 0.198. The maximum Gasteiger partial charge on any atom is 0.460 e. The van der Waals surface area contributed by atoms with Crippen molar-refractivity contribution in [2.24, 2.45) is 0 Å². The number of halogens is 25. The van der Waals surface area contributed by atoms with Crippen molar-refractivity contribution in [3.05, 3.63) is 66.8 Å². The SMILES string of the molecule is FC(F)(F)C(F)(F)C(F)(F)C(F)(F)C(F)(F)C(F)(F)C(F)(F)C(F)(F)F.FC(F)(F)c1ccc([I+]c2ccc(C(F)(F)F)cc2)cc1. The predicted octanol–water partition coefficient (Wildman–Crippen LogP) is 7.78. The fraction of sp³-hybridized carbons (Fsp3) is 0.455. The molecular weight excluding hydrogens is 847 g/mol. The van der Waals surface area contributed by atoms with Crippen LogP contribution in [0.5, 0.6) is 0 Å². The molecule has 0 bridgehead atoms. The molecule has 2 aromatic rings. The van der Waals surface area contributed by atoms with Crippen LogP contribution < -0.4 is 21.2 Å². The molecule has 0 amide bonds. The average molecular weight is 855 g/mol. The van der Waals surface area contributed by atoms with Crippen LogP contribution in [0.2, 0.25) is 0 Å². The second-order valence-corrected chi connectivity index (χ2v) is 11.6. The molecule has 270 valence electrons. The van der Waals surface area contributed by atoms with Crippen LogP contribution in [0.3, 0.4) is 0 Å². The standard InChI is InChI=1S/C14H8F6I.C8F18/c15-13(16,17)9-1-5-11(6-2-9)21-12-7-3-10(4-8-12)14(18,19)20;9-1(10,3(13,14)5(17,18)7(21,22)23)2(11,12)4(15,16)6(19,20)8(24,25)26/h1-8H;/q+1;. The normalized spacial score (nSPS) is 14.9. The minimum Gasteiger partial charge on any atom is -0.192 e. The first-order valence-electron chi connectivity index (χ1n) is 10.8. The Morgan fingerprint density at radius 1 is 0.277 bits per heavy atom. The molecule has 0 atom stereocenters. The maximum atomic E-state index is 12.8. The molecule has 0 aromatic heterocycles. The van der Waals surface area contributed by atoms with Gasteiger partial charge in [-0.25, -0.2) is 0 Å². The summed E-state index contributed by atoms with van der Waals surface area (Å²) in [5.41, 5.74) is -1.47. The van der Waals surface area contributed by atoms with Gasteiger partial charge in [0.1, 0.15) is 0 Å². The summed E-state index contributed by atoms with van der Waals surface area (Å²) in [6.07, 6.45) is -24.4. The Bertz CT molecular complexity index is 1220. The van der Waals surface area contributed by atoms with E-state index >= 15 is 0 Å². The first kappa shape index (κ1) is 42.5. The first-order valence-corrected chi connectivity index (χ1v) is 13.0. The molecule has 2 aromatic carbocycles. The molecule has 47 heavy (non-hydrogen) atoms. The van der Waals surface area contributed by atoms with Gasteiger partial charge in [-0.15, -0.1) is 0 Å². The lowest BCUT2D eigenvalue weighted by atomic mass is 9.91. The average Bonchev–Trinajstić information content (AvgIpc) is 2.86. The predicted molar refractivity (Wildman–Crippen MR) is 102 cm³/mol. The Balaban J connectivity index is 0.000000479. The highest BCUT2D eigenvalue weighted by molar-refractivity contribution is 5.19. The fourth-order valence-electron chi connectivity index (χ4n) is 2.67. The van der Waals surface area contributed by atoms with E-state index in [1.165, 1.54) is 24.3 Å². The van der Waals surface area contributed by atoms with Crippen LogP contribution in [0, 0.1) is 7.14 Å². The molecule has 0 heterocycles. The van der Waals surface area contributed by atoms with E-state index in [2.05, 4.69) is 0 Å². The van der Waals surface area contributed by atoms with Crippen LogP contribution in [-0.4, -0.2) is 47.9 Å². The van der Waals surface area contributed by atoms with Gasteiger partial charge in [0.2, 0.25) is 0 Å². The summed E-state index contributed by atoms with van der Waals surface area (Å²) in [5, 5.41) is 0. The van der Waals surface area contributed by atoms with Crippen molar-refractivity contribution < 1.29 is 127 Å². The molecule has 0 aliphatic carbocycles. The third-order valence-electron chi connectivity index (χ3n) is 5.25. The second-order valence-electron chi connectivity index (χ2n) is 8.55. The lowest BCUT2D eigenvalue weighted by molar-refractivity contribution is -0.597. The molecular formula is C22H8F24I+. The maximum absolute atomic E-state index is 12.8. The minimum absolute atomic E-state index is 0.710. The highest BCUT2D eigenvalue weighted by Gasteiger charge is 2.95. The van der Waals surface area contributed by atoms with Gasteiger partial charge in [0.15, 0.2) is 7.14 Å². The van der Waals surface area contributed by atoms with E-state index in [9.17, 15) is 105 Å². The van der Waals surface area contributed by atoms with E-state index in [0.717, 1.165) is 24.3 Å². The van der Waals surface area contributed by atoms with Crippen LogP contribution in [0.4, 0.5) is 105 Å². The highest BCUT2D eigenvalue weighted by atomic mass is 127. The Labute approximate surface area is 254 Å². The van der Waals surface area contributed by atoms with Gasteiger partial charge in [0.25, 0.3) is 0 Å². The van der Waals surface area contributed by atoms with Crippen LogP contribution in [0.15, 0.2) is 48.5 Å². The number of rotatable bonds is 7. The minimum atomic E-state index is -8.72. The summed E-state index contributed by atoms with van der Waals surface area (Å²) in [7, 11) is 0. The molecule has 0 fully saturated rings. The van der Waals surface area contributed by atoms with Gasteiger partial charge in [0, 0.05) is 0 Å². The summed E-state index contributed by atoms with van der Waals surface area (Å²) in [6.45, 7) is 0. The topological polar surface area (TPSA) is 0 Å². The van der Waals surface area contributed by atoms with Gasteiger partial charge >= 0.3 is 81.4 Å². The van der Waals surface area contributed by atoms with Crippen LogP contribution in [0.1, 0.15) is 11.1 Å². The van der Waals surface area contributed by atoms with Gasteiger partial charge in [-0.05, 0) is 48.5 Å². The third-order valence-corrected chi connectivity index (χ3v) is 7.93. The molecule has 0 aliphatic rings. The zero-order valence-corrected chi connectivity index (χ0v) is 23.2. The van der Waals surface area contributed by atoms with Gasteiger partial charge in [0.05, 0.1) is 11.1 Å². The molecule has 0 spiro atoms. The van der Waals surface area contributed by atoms with Crippen LogP contribution >= 0.6 is 0 Å². The number of hydrogen-bond acceptors (Lipinski definition) is 0. The molecule has 2 rings (SSSR count). The van der Waals surface area contributed by atoms with Crippen molar-refractivity contribution in [2.45, 2.75) is 60.2 Å². The fourth-order valence-corrected chi connectivity index (χ4v) is 4.83. The first-order chi connectivity index (χ1) is 20.4. The van der Waals surface area contributed by atoms with Gasteiger partial charge in [-0.3, -0.25) is 0 Å². The third kappa shape index (κ3) is 8.04. The zero-order valence-electron chi connectivity index (χ0n) is 21.1. The molecule has 0 N–H and O–H groups in total. The monoisotopic (exact) mass is 855 g/mol. The van der Waals surface area contributed by atoms with Crippen molar-refractivity contribution in [3.63, 3.8) is 0 Å². The summed E-state index contributed by atoms with van der Waals surface area (Å²) in [5.74, 6) is -51.0. The smallest absolute Gasteiger partial charge is 0.192 e. The van der Waals surface area contributed by atoms with E-state index in [1.807, 2.05) is 0 Å². The van der Waals surface area contributed by atoms with Crippen LogP contribution in [-0.2, 0) is 12.4 Å². The van der Waals surface area contributed by atoms with Crippen molar-refractivity contribution in [1.82, 2.24) is 0 Å². The van der Waals surface area contributed by atoms with E-state index in [4.69, 9.17) is 0 Å². The highest BCUT2D eigenvalue weighted by Crippen LogP contribution is 2.64. The summed E-state index contributed by atoms with van der Waals surface area (Å²) >= 11 is -0.805. The molecule has 25 heteroatoms. The molecule has 0 saturated carbocycles. The van der Waals surface area contributed by atoms with E-state index in [-0.39, 0.29) is 0 Å². The lowest BCUT2D eigenvalue weighted by Crippen LogP contribution is -3.61.